The average molecular weight is 313 g/mol. The van der Waals surface area contributed by atoms with Crippen molar-refractivity contribution in [2.75, 3.05) is 4.72 Å². The summed E-state index contributed by atoms with van der Waals surface area (Å²) in [6.07, 6.45) is 0. The number of hydrogen-bond acceptors (Lipinski definition) is 3. The lowest BCUT2D eigenvalue weighted by molar-refractivity contribution is -0.504. The smallest absolute Gasteiger partial charge is 0.262 e. The van der Waals surface area contributed by atoms with Crippen LogP contribution in [0.1, 0.15) is 0 Å². The van der Waals surface area contributed by atoms with Crippen LogP contribution < -0.4 is 10.0 Å². The maximum absolute atomic E-state index is 12.1. The summed E-state index contributed by atoms with van der Waals surface area (Å²) in [5, 5.41) is 11.6. The predicted octanol–water partition coefficient (Wildman–Crippen LogP) is 1.83. The minimum absolute atomic E-state index is 0.0180. The minimum atomic E-state index is -3.77. The van der Waals surface area contributed by atoms with Crippen molar-refractivity contribution in [2.45, 2.75) is 4.90 Å². The van der Waals surface area contributed by atoms with Crippen LogP contribution in [-0.4, -0.2) is 13.5 Å². The Bertz CT molecular complexity index is 718. The quantitative estimate of drug-likeness (QED) is 0.457. The first kappa shape index (κ1) is 14.6. The molecule has 0 amide bonds. The van der Waals surface area contributed by atoms with E-state index < -0.39 is 10.0 Å². The lowest BCUT2D eigenvalue weighted by atomic mass is 10.2. The van der Waals surface area contributed by atoms with Crippen LogP contribution >= 0.6 is 11.6 Å². The van der Waals surface area contributed by atoms with Gasteiger partial charge >= 0.3 is 0 Å². The lowest BCUT2D eigenvalue weighted by Crippen LogP contribution is -2.69. The first-order chi connectivity index (χ1) is 9.44. The van der Waals surface area contributed by atoms with Crippen molar-refractivity contribution in [3.05, 3.63) is 54.5 Å². The van der Waals surface area contributed by atoms with Crippen LogP contribution in [0.4, 0.5) is 11.4 Å². The molecule has 2 rings (SSSR count). The van der Waals surface area contributed by atoms with E-state index in [2.05, 4.69) is 11.8 Å². The second-order valence-corrected chi connectivity index (χ2v) is 6.10. The molecule has 0 atom stereocenters. The Labute approximate surface area is 122 Å². The first-order valence-corrected chi connectivity index (χ1v) is 7.53. The molecule has 0 aliphatic heterocycles. The molecule has 2 aromatic rings. The summed E-state index contributed by atoms with van der Waals surface area (Å²) in [4.78, 5) is 0.100. The standard InChI is InChI=1S/C13H13ClN2O3S/c1-15-11-8-13(17)12(7-10(11)14)16-20(18,19)9-5-3-2-4-6-9/h2-8,16-17H,1,15H2. The van der Waals surface area contributed by atoms with Crippen molar-refractivity contribution in [1.29, 1.82) is 0 Å². The average Bonchev–Trinajstić information content (AvgIpc) is 2.43. The maximum atomic E-state index is 12.1. The molecular weight excluding hydrogens is 300 g/mol. The van der Waals surface area contributed by atoms with Gasteiger partial charge in [-0.05, 0) is 18.2 Å². The van der Waals surface area contributed by atoms with Gasteiger partial charge < -0.3 is 10.4 Å². The fourth-order valence-corrected chi connectivity index (χ4v) is 2.95. The zero-order valence-corrected chi connectivity index (χ0v) is 11.9. The van der Waals surface area contributed by atoms with Crippen molar-refractivity contribution in [1.82, 2.24) is 0 Å². The van der Waals surface area contributed by atoms with Crippen LogP contribution in [0.2, 0.25) is 5.02 Å². The molecule has 0 radical (unpaired) electrons. The summed E-state index contributed by atoms with van der Waals surface area (Å²) in [6.45, 7) is 0. The van der Waals surface area contributed by atoms with E-state index in [0.717, 1.165) is 0 Å². The number of rotatable bonds is 4. The third kappa shape index (κ3) is 3.04. The number of hydrogen-bond donors (Lipinski definition) is 3. The number of anilines is 1. The van der Waals surface area contributed by atoms with E-state index >= 15 is 0 Å². The molecule has 0 fully saturated rings. The van der Waals surface area contributed by atoms with E-state index in [1.165, 1.54) is 29.6 Å². The largest absolute Gasteiger partial charge is 0.506 e. The summed E-state index contributed by atoms with van der Waals surface area (Å²) < 4.78 is 26.6. The number of sulfonamides is 1. The van der Waals surface area contributed by atoms with Crippen molar-refractivity contribution < 1.29 is 18.8 Å². The Kier molecular flexibility index (Phi) is 4.17. The molecule has 5 nitrogen and oxygen atoms in total. The molecule has 0 aliphatic rings. The van der Waals surface area contributed by atoms with Gasteiger partial charge in [0.15, 0.2) is 0 Å². The molecule has 0 unspecified atom stereocenters. The summed E-state index contributed by atoms with van der Waals surface area (Å²) in [5.74, 6) is -0.219. The Hall–Kier alpha value is -1.76. The molecule has 0 bridgehead atoms. The minimum Gasteiger partial charge on any atom is -0.506 e. The molecule has 7 heteroatoms. The highest BCUT2D eigenvalue weighted by Crippen LogP contribution is 2.32. The molecule has 0 spiro atoms. The van der Waals surface area contributed by atoms with Gasteiger partial charge in [0.2, 0.25) is 0 Å². The van der Waals surface area contributed by atoms with Gasteiger partial charge in [0, 0.05) is 6.07 Å². The van der Waals surface area contributed by atoms with Crippen molar-refractivity contribution >= 4 is 33.0 Å². The summed E-state index contributed by atoms with van der Waals surface area (Å²) in [5.41, 5.74) is 0.538. The normalized spacial score (nSPS) is 11.3. The van der Waals surface area contributed by atoms with E-state index in [4.69, 9.17) is 11.6 Å². The number of halogens is 1. The van der Waals surface area contributed by atoms with Crippen molar-refractivity contribution in [2.24, 2.45) is 0 Å². The van der Waals surface area contributed by atoms with E-state index in [1.807, 2.05) is 0 Å². The van der Waals surface area contributed by atoms with Gasteiger partial charge in [-0.25, -0.2) is 8.42 Å². The van der Waals surface area contributed by atoms with E-state index in [-0.39, 0.29) is 16.3 Å². The Morgan fingerprint density at radius 2 is 1.85 bits per heavy atom. The van der Waals surface area contributed by atoms with Gasteiger partial charge in [-0.15, -0.1) is 7.05 Å². The summed E-state index contributed by atoms with van der Waals surface area (Å²) >= 11 is 5.96. The van der Waals surface area contributed by atoms with Gasteiger partial charge in [-0.2, -0.15) is 0 Å². The highest BCUT2D eigenvalue weighted by molar-refractivity contribution is 7.92. The molecule has 20 heavy (non-hydrogen) atoms. The topological polar surface area (TPSA) is 83.0 Å². The molecule has 0 heterocycles. The number of phenolic OH excluding ortho intramolecular Hbond substituents is 1. The second kappa shape index (κ2) is 5.70. The zero-order chi connectivity index (χ0) is 14.8. The molecule has 106 valence electrons. The van der Waals surface area contributed by atoms with Gasteiger partial charge in [-0.1, -0.05) is 29.8 Å². The lowest BCUT2D eigenvalue weighted by Gasteiger charge is -2.11. The maximum Gasteiger partial charge on any atom is 0.262 e. The number of quaternary nitrogens is 1. The number of benzene rings is 2. The second-order valence-electron chi connectivity index (χ2n) is 4.01. The monoisotopic (exact) mass is 312 g/mol. The van der Waals surface area contributed by atoms with E-state index in [0.29, 0.717) is 10.7 Å². The fraction of sp³-hybridized carbons (Fsp3) is 0. The zero-order valence-electron chi connectivity index (χ0n) is 10.4. The SMILES string of the molecule is [CH2-][NH2+]c1cc(O)c(NS(=O)(=O)c2ccccc2)cc1Cl. The van der Waals surface area contributed by atoms with Crippen molar-refractivity contribution in [3.63, 3.8) is 0 Å². The molecule has 4 N–H and O–H groups in total. The van der Waals surface area contributed by atoms with Crippen LogP contribution in [-0.2, 0) is 10.0 Å². The highest BCUT2D eigenvalue weighted by atomic mass is 35.5. The molecule has 0 aromatic heterocycles. The highest BCUT2D eigenvalue weighted by Gasteiger charge is 2.17. The molecular formula is C13H13ClN2O3S. The Morgan fingerprint density at radius 3 is 2.45 bits per heavy atom. The predicted molar refractivity (Wildman–Crippen MR) is 77.3 cm³/mol. The van der Waals surface area contributed by atoms with Crippen LogP contribution in [0.5, 0.6) is 5.75 Å². The number of nitrogens with two attached hydrogens (primary N) is 1. The summed E-state index contributed by atoms with van der Waals surface area (Å²) in [7, 11) is -0.216. The number of aromatic hydroxyl groups is 1. The Balaban J connectivity index is 2.38. The van der Waals surface area contributed by atoms with Crippen molar-refractivity contribution in [3.8, 4) is 5.75 Å². The van der Waals surface area contributed by atoms with Gasteiger partial charge in [0.25, 0.3) is 10.0 Å². The fourth-order valence-electron chi connectivity index (χ4n) is 1.62. The van der Waals surface area contributed by atoms with E-state index in [1.54, 1.807) is 18.2 Å². The molecule has 0 aliphatic carbocycles. The van der Waals surface area contributed by atoms with Crippen LogP contribution in [0.3, 0.4) is 0 Å². The third-order valence-electron chi connectivity index (χ3n) is 2.63. The molecule has 0 saturated heterocycles. The summed E-state index contributed by atoms with van der Waals surface area (Å²) in [6, 6.07) is 10.5. The van der Waals surface area contributed by atoms with Crippen LogP contribution in [0.25, 0.3) is 0 Å². The van der Waals surface area contributed by atoms with Gasteiger partial charge in [-0.3, -0.25) is 4.72 Å². The van der Waals surface area contributed by atoms with Gasteiger partial charge in [0.1, 0.15) is 16.5 Å². The molecule has 2 aromatic carbocycles. The first-order valence-electron chi connectivity index (χ1n) is 5.67. The van der Waals surface area contributed by atoms with Gasteiger partial charge in [0.05, 0.1) is 10.6 Å². The van der Waals surface area contributed by atoms with E-state index in [9.17, 15) is 13.5 Å². The molecule has 0 saturated carbocycles. The number of phenols is 1. The van der Waals surface area contributed by atoms with Crippen LogP contribution in [0.15, 0.2) is 47.4 Å². The third-order valence-corrected chi connectivity index (χ3v) is 4.34. The van der Waals surface area contributed by atoms with Crippen LogP contribution in [0, 0.1) is 7.05 Å². The Morgan fingerprint density at radius 1 is 1.20 bits per heavy atom. The number of nitrogens with one attached hydrogen (secondary N) is 1.